The fraction of sp³-hybridized carbons (Fsp3) is 0.474. The molecule has 0 unspecified atom stereocenters. The van der Waals surface area contributed by atoms with Crippen LogP contribution in [0.1, 0.15) is 30.1 Å². The Balaban J connectivity index is 1.47. The maximum Gasteiger partial charge on any atom is 0.227 e. The topological polar surface area (TPSA) is 56.6 Å². The van der Waals surface area contributed by atoms with Crippen molar-refractivity contribution in [3.8, 4) is 11.5 Å². The smallest absolute Gasteiger partial charge is 0.227 e. The summed E-state index contributed by atoms with van der Waals surface area (Å²) in [6.07, 6.45) is 6.07. The minimum atomic E-state index is 0.0856. The normalized spacial score (nSPS) is 19.5. The Kier molecular flexibility index (Phi) is 4.76. The number of piperidine rings is 1. The third-order valence-corrected chi connectivity index (χ3v) is 5.40. The van der Waals surface area contributed by atoms with Crippen LogP contribution >= 0.6 is 11.6 Å². The van der Waals surface area contributed by atoms with Crippen LogP contribution in [0.25, 0.3) is 0 Å². The van der Waals surface area contributed by atoms with E-state index in [9.17, 15) is 4.79 Å². The minimum absolute atomic E-state index is 0.0856. The SMILES string of the molecule is Cn1ccnc1[C@H]1CCCN(C(=O)Cc2cc3c(cc2Cl)OCCO3)C1. The molecule has 1 aromatic carbocycles. The summed E-state index contributed by atoms with van der Waals surface area (Å²) in [7, 11) is 2.00. The van der Waals surface area contributed by atoms with Crippen LogP contribution in [0.2, 0.25) is 5.02 Å². The van der Waals surface area contributed by atoms with Crippen LogP contribution in [0.3, 0.4) is 0 Å². The van der Waals surface area contributed by atoms with E-state index in [0.717, 1.165) is 30.8 Å². The van der Waals surface area contributed by atoms with Crippen molar-refractivity contribution in [3.63, 3.8) is 0 Å². The van der Waals surface area contributed by atoms with Gasteiger partial charge in [0.1, 0.15) is 19.0 Å². The summed E-state index contributed by atoms with van der Waals surface area (Å²) in [5.41, 5.74) is 0.778. The van der Waals surface area contributed by atoms with Gasteiger partial charge in [0.15, 0.2) is 11.5 Å². The van der Waals surface area contributed by atoms with Gasteiger partial charge in [-0.15, -0.1) is 0 Å². The number of imidazole rings is 1. The molecule has 26 heavy (non-hydrogen) atoms. The lowest BCUT2D eigenvalue weighted by Crippen LogP contribution is -2.40. The van der Waals surface area contributed by atoms with Gasteiger partial charge in [0, 0.05) is 49.5 Å². The number of ether oxygens (including phenoxy) is 2. The van der Waals surface area contributed by atoms with E-state index in [0.29, 0.717) is 36.3 Å². The highest BCUT2D eigenvalue weighted by Gasteiger charge is 2.27. The molecule has 138 valence electrons. The zero-order valence-electron chi connectivity index (χ0n) is 14.8. The standard InChI is InChI=1S/C19H22ClN3O3/c1-22-6-4-21-19(22)13-3-2-5-23(12-13)18(24)10-14-9-16-17(11-15(14)20)26-8-7-25-16/h4,6,9,11,13H,2-3,5,7-8,10,12H2,1H3/t13-/m0/s1. The number of carbonyl (C=O) groups is 1. The number of benzene rings is 1. The monoisotopic (exact) mass is 375 g/mol. The Bertz CT molecular complexity index is 820. The number of carbonyl (C=O) groups excluding carboxylic acids is 1. The second kappa shape index (κ2) is 7.19. The van der Waals surface area contributed by atoms with E-state index in [1.807, 2.05) is 35.0 Å². The first-order chi connectivity index (χ1) is 12.6. The summed E-state index contributed by atoms with van der Waals surface area (Å²) in [6.45, 7) is 2.51. The van der Waals surface area contributed by atoms with Crippen LogP contribution in [-0.2, 0) is 18.3 Å². The number of amides is 1. The number of aromatic nitrogens is 2. The number of hydrogen-bond acceptors (Lipinski definition) is 4. The lowest BCUT2D eigenvalue weighted by atomic mass is 9.96. The number of likely N-dealkylation sites (tertiary alicyclic amines) is 1. The summed E-state index contributed by atoms with van der Waals surface area (Å²) < 4.78 is 13.2. The number of rotatable bonds is 3. The predicted molar refractivity (Wildman–Crippen MR) is 97.9 cm³/mol. The van der Waals surface area contributed by atoms with Crippen molar-refractivity contribution in [2.45, 2.75) is 25.2 Å². The van der Waals surface area contributed by atoms with Crippen molar-refractivity contribution in [2.24, 2.45) is 7.05 Å². The summed E-state index contributed by atoms with van der Waals surface area (Å²) in [4.78, 5) is 19.2. The Morgan fingerprint density at radius 1 is 1.31 bits per heavy atom. The van der Waals surface area contributed by atoms with Gasteiger partial charge in [-0.05, 0) is 24.5 Å². The van der Waals surface area contributed by atoms with E-state index in [-0.39, 0.29) is 18.2 Å². The minimum Gasteiger partial charge on any atom is -0.486 e. The molecule has 2 aromatic rings. The third-order valence-electron chi connectivity index (χ3n) is 5.05. The van der Waals surface area contributed by atoms with E-state index in [4.69, 9.17) is 21.1 Å². The van der Waals surface area contributed by atoms with Gasteiger partial charge in [-0.1, -0.05) is 11.6 Å². The molecule has 3 heterocycles. The van der Waals surface area contributed by atoms with Crippen molar-refractivity contribution in [3.05, 3.63) is 40.9 Å². The fourth-order valence-corrected chi connectivity index (χ4v) is 3.92. The first kappa shape index (κ1) is 17.2. The van der Waals surface area contributed by atoms with E-state index >= 15 is 0 Å². The van der Waals surface area contributed by atoms with Crippen LogP contribution in [0.4, 0.5) is 0 Å². The summed E-state index contributed by atoms with van der Waals surface area (Å²) >= 11 is 6.36. The molecule has 2 aliphatic rings. The molecule has 0 N–H and O–H groups in total. The van der Waals surface area contributed by atoms with E-state index < -0.39 is 0 Å². The van der Waals surface area contributed by atoms with Gasteiger partial charge in [-0.3, -0.25) is 4.79 Å². The Hall–Kier alpha value is -2.21. The molecule has 0 radical (unpaired) electrons. The number of halogens is 1. The highest BCUT2D eigenvalue weighted by atomic mass is 35.5. The van der Waals surface area contributed by atoms with E-state index in [2.05, 4.69) is 4.98 Å². The summed E-state index contributed by atoms with van der Waals surface area (Å²) in [6, 6.07) is 3.57. The summed E-state index contributed by atoms with van der Waals surface area (Å²) in [5.74, 6) is 2.71. The Morgan fingerprint density at radius 2 is 2.08 bits per heavy atom. The fourth-order valence-electron chi connectivity index (χ4n) is 3.70. The van der Waals surface area contributed by atoms with Crippen LogP contribution < -0.4 is 9.47 Å². The summed E-state index contributed by atoms with van der Waals surface area (Å²) in [5, 5.41) is 0.542. The largest absolute Gasteiger partial charge is 0.486 e. The van der Waals surface area contributed by atoms with Gasteiger partial charge in [0.2, 0.25) is 5.91 Å². The van der Waals surface area contributed by atoms with Crippen LogP contribution in [0.15, 0.2) is 24.5 Å². The second-order valence-corrected chi connectivity index (χ2v) is 7.25. The second-order valence-electron chi connectivity index (χ2n) is 6.84. The molecule has 4 rings (SSSR count). The van der Waals surface area contributed by atoms with Gasteiger partial charge < -0.3 is 18.9 Å². The number of nitrogens with zero attached hydrogens (tertiary/aromatic N) is 3. The zero-order valence-corrected chi connectivity index (χ0v) is 15.5. The molecule has 0 saturated carbocycles. The molecule has 0 aliphatic carbocycles. The number of aryl methyl sites for hydroxylation is 1. The van der Waals surface area contributed by atoms with Gasteiger partial charge >= 0.3 is 0 Å². The van der Waals surface area contributed by atoms with Crippen molar-refractivity contribution >= 4 is 17.5 Å². The molecule has 1 saturated heterocycles. The first-order valence-corrected chi connectivity index (χ1v) is 9.32. The van der Waals surface area contributed by atoms with E-state index in [1.165, 1.54) is 0 Å². The Labute approximate surface area is 157 Å². The molecule has 7 heteroatoms. The van der Waals surface area contributed by atoms with Gasteiger partial charge in [-0.25, -0.2) is 4.98 Å². The Morgan fingerprint density at radius 3 is 2.81 bits per heavy atom. The molecule has 1 amide bonds. The predicted octanol–water partition coefficient (Wildman–Crippen LogP) is 2.79. The molecular weight excluding hydrogens is 354 g/mol. The van der Waals surface area contributed by atoms with Gasteiger partial charge in [0.25, 0.3) is 0 Å². The lowest BCUT2D eigenvalue weighted by Gasteiger charge is -2.32. The maximum absolute atomic E-state index is 12.9. The number of fused-ring (bicyclic) bond motifs is 1. The molecule has 1 fully saturated rings. The quantitative estimate of drug-likeness (QED) is 0.827. The van der Waals surface area contributed by atoms with Crippen molar-refractivity contribution in [1.82, 2.24) is 14.5 Å². The highest BCUT2D eigenvalue weighted by molar-refractivity contribution is 6.31. The molecule has 1 aromatic heterocycles. The number of hydrogen-bond donors (Lipinski definition) is 0. The lowest BCUT2D eigenvalue weighted by molar-refractivity contribution is -0.131. The highest BCUT2D eigenvalue weighted by Crippen LogP contribution is 2.36. The molecular formula is C19H22ClN3O3. The maximum atomic E-state index is 12.9. The van der Waals surface area contributed by atoms with Crippen LogP contribution in [0.5, 0.6) is 11.5 Å². The van der Waals surface area contributed by atoms with Crippen LogP contribution in [-0.4, -0.2) is 46.7 Å². The molecule has 0 bridgehead atoms. The van der Waals surface area contributed by atoms with E-state index in [1.54, 1.807) is 6.07 Å². The van der Waals surface area contributed by atoms with Crippen molar-refractivity contribution in [2.75, 3.05) is 26.3 Å². The van der Waals surface area contributed by atoms with Crippen molar-refractivity contribution < 1.29 is 14.3 Å². The first-order valence-electron chi connectivity index (χ1n) is 8.95. The van der Waals surface area contributed by atoms with Crippen molar-refractivity contribution in [1.29, 1.82) is 0 Å². The molecule has 0 spiro atoms. The molecule has 1 atom stereocenters. The molecule has 6 nitrogen and oxygen atoms in total. The van der Waals surface area contributed by atoms with Gasteiger partial charge in [0.05, 0.1) is 6.42 Å². The zero-order chi connectivity index (χ0) is 18.1. The van der Waals surface area contributed by atoms with Gasteiger partial charge in [-0.2, -0.15) is 0 Å². The average Bonchev–Trinajstić information content (AvgIpc) is 3.08. The third kappa shape index (κ3) is 3.38. The van der Waals surface area contributed by atoms with Crippen LogP contribution in [0, 0.1) is 0 Å². The molecule has 2 aliphatic heterocycles. The average molecular weight is 376 g/mol.